The summed E-state index contributed by atoms with van der Waals surface area (Å²) in [7, 11) is 0. The molecule has 0 spiro atoms. The quantitative estimate of drug-likeness (QED) is 0.639. The SMILES string of the molecule is CC(=O)NC(C)CO.[Y]. The third kappa shape index (κ3) is 8.53. The molecule has 0 saturated heterocycles. The zero-order chi connectivity index (χ0) is 6.57. The Kier molecular flexibility index (Phi) is 9.04. The maximum atomic E-state index is 10.2. The van der Waals surface area contributed by atoms with E-state index >= 15 is 0 Å². The van der Waals surface area contributed by atoms with Crippen LogP contribution in [0.5, 0.6) is 0 Å². The van der Waals surface area contributed by atoms with Gasteiger partial charge in [0.05, 0.1) is 6.61 Å². The Morgan fingerprint density at radius 2 is 2.22 bits per heavy atom. The van der Waals surface area contributed by atoms with Crippen molar-refractivity contribution in [3.8, 4) is 0 Å². The van der Waals surface area contributed by atoms with Gasteiger partial charge in [0.2, 0.25) is 5.91 Å². The molecule has 51 valence electrons. The van der Waals surface area contributed by atoms with Crippen molar-refractivity contribution in [3.05, 3.63) is 0 Å². The van der Waals surface area contributed by atoms with Crippen molar-refractivity contribution in [2.24, 2.45) is 0 Å². The van der Waals surface area contributed by atoms with Gasteiger partial charge in [0.25, 0.3) is 0 Å². The molecule has 2 N–H and O–H groups in total. The number of aliphatic hydroxyl groups excluding tert-OH is 1. The molecule has 0 aliphatic rings. The standard InChI is InChI=1S/C5H11NO2.Y/c1-4(3-7)6-5(2)8;/h4,7H,3H2,1-2H3,(H,6,8);. The van der Waals surface area contributed by atoms with Crippen LogP contribution in [0.4, 0.5) is 0 Å². The summed E-state index contributed by atoms with van der Waals surface area (Å²) >= 11 is 0. The maximum absolute atomic E-state index is 10.2. The van der Waals surface area contributed by atoms with Gasteiger partial charge in [0.1, 0.15) is 0 Å². The van der Waals surface area contributed by atoms with Crippen LogP contribution >= 0.6 is 0 Å². The zero-order valence-corrected chi connectivity index (χ0v) is 8.56. The largest absolute Gasteiger partial charge is 0.394 e. The van der Waals surface area contributed by atoms with Crippen molar-refractivity contribution in [1.82, 2.24) is 5.32 Å². The number of amides is 1. The van der Waals surface area contributed by atoms with E-state index in [0.29, 0.717) is 0 Å². The van der Waals surface area contributed by atoms with Crippen molar-refractivity contribution in [2.45, 2.75) is 19.9 Å². The van der Waals surface area contributed by atoms with Crippen LogP contribution < -0.4 is 5.32 Å². The minimum absolute atomic E-state index is 0. The summed E-state index contributed by atoms with van der Waals surface area (Å²) in [5, 5.41) is 10.9. The molecule has 1 atom stereocenters. The summed E-state index contributed by atoms with van der Waals surface area (Å²) in [4.78, 5) is 10.2. The Morgan fingerprint density at radius 1 is 1.78 bits per heavy atom. The van der Waals surface area contributed by atoms with E-state index in [4.69, 9.17) is 5.11 Å². The van der Waals surface area contributed by atoms with Gasteiger partial charge in [-0.1, -0.05) is 0 Å². The Bertz CT molecular complexity index is 87.0. The van der Waals surface area contributed by atoms with Gasteiger partial charge in [0.15, 0.2) is 0 Å². The first kappa shape index (κ1) is 12.2. The monoisotopic (exact) mass is 206 g/mol. The van der Waals surface area contributed by atoms with E-state index in [0.717, 1.165) is 0 Å². The van der Waals surface area contributed by atoms with E-state index in [1.54, 1.807) is 6.92 Å². The number of hydrogen-bond donors (Lipinski definition) is 2. The van der Waals surface area contributed by atoms with Crippen molar-refractivity contribution < 1.29 is 42.6 Å². The molecule has 1 amide bonds. The molecule has 0 aliphatic carbocycles. The smallest absolute Gasteiger partial charge is 0.217 e. The Labute approximate surface area is 80.1 Å². The molecule has 0 aliphatic heterocycles. The maximum Gasteiger partial charge on any atom is 0.217 e. The summed E-state index contributed by atoms with van der Waals surface area (Å²) in [6, 6.07) is -0.118. The van der Waals surface area contributed by atoms with Gasteiger partial charge in [-0.2, -0.15) is 0 Å². The molecule has 0 aromatic rings. The van der Waals surface area contributed by atoms with Gasteiger partial charge >= 0.3 is 0 Å². The van der Waals surface area contributed by atoms with Crippen LogP contribution in [0.2, 0.25) is 0 Å². The average molecular weight is 206 g/mol. The van der Waals surface area contributed by atoms with Crippen LogP contribution in [0.3, 0.4) is 0 Å². The third-order valence-electron chi connectivity index (χ3n) is 0.724. The van der Waals surface area contributed by atoms with Crippen LogP contribution in [0.1, 0.15) is 13.8 Å². The molecule has 9 heavy (non-hydrogen) atoms. The van der Waals surface area contributed by atoms with Gasteiger partial charge in [-0.15, -0.1) is 0 Å². The van der Waals surface area contributed by atoms with Gasteiger partial charge < -0.3 is 10.4 Å². The third-order valence-corrected chi connectivity index (χ3v) is 0.724. The molecule has 0 fully saturated rings. The predicted octanol–water partition coefficient (Wildman–Crippen LogP) is -0.499. The van der Waals surface area contributed by atoms with Crippen LogP contribution in [-0.4, -0.2) is 23.7 Å². The number of carbonyl (C=O) groups excluding carboxylic acids is 1. The number of nitrogens with one attached hydrogen (secondary N) is 1. The van der Waals surface area contributed by atoms with E-state index in [2.05, 4.69) is 5.32 Å². The zero-order valence-electron chi connectivity index (χ0n) is 5.72. The summed E-state index contributed by atoms with van der Waals surface area (Å²) in [6.45, 7) is 3.16. The fourth-order valence-corrected chi connectivity index (χ4v) is 0.393. The van der Waals surface area contributed by atoms with Crippen molar-refractivity contribution >= 4 is 5.91 Å². The summed E-state index contributed by atoms with van der Waals surface area (Å²) in [5.74, 6) is -0.105. The number of carbonyl (C=O) groups is 1. The van der Waals surface area contributed by atoms with E-state index in [1.165, 1.54) is 6.92 Å². The van der Waals surface area contributed by atoms with E-state index < -0.39 is 0 Å². The van der Waals surface area contributed by atoms with E-state index in [9.17, 15) is 4.79 Å². The minimum atomic E-state index is -0.118. The number of hydrogen-bond acceptors (Lipinski definition) is 2. The van der Waals surface area contributed by atoms with Crippen LogP contribution in [0.25, 0.3) is 0 Å². The van der Waals surface area contributed by atoms with Crippen LogP contribution in [-0.2, 0) is 37.5 Å². The molecule has 0 heterocycles. The molecule has 0 aromatic heterocycles. The second-order valence-corrected chi connectivity index (χ2v) is 1.78. The second-order valence-electron chi connectivity index (χ2n) is 1.78. The first-order chi connectivity index (χ1) is 3.66. The molecular formula is C5H11NO2Y. The first-order valence-electron chi connectivity index (χ1n) is 2.54. The molecule has 1 radical (unpaired) electrons. The molecule has 0 rings (SSSR count). The number of aliphatic hydroxyl groups is 1. The van der Waals surface area contributed by atoms with Gasteiger partial charge in [-0.05, 0) is 6.92 Å². The summed E-state index contributed by atoms with van der Waals surface area (Å²) < 4.78 is 0. The van der Waals surface area contributed by atoms with Crippen molar-refractivity contribution in [1.29, 1.82) is 0 Å². The molecule has 3 nitrogen and oxygen atoms in total. The fourth-order valence-electron chi connectivity index (χ4n) is 0.393. The van der Waals surface area contributed by atoms with E-state index in [1.807, 2.05) is 0 Å². The summed E-state index contributed by atoms with van der Waals surface area (Å²) in [6.07, 6.45) is 0. The fraction of sp³-hybridized carbons (Fsp3) is 0.800. The van der Waals surface area contributed by atoms with Crippen molar-refractivity contribution in [3.63, 3.8) is 0 Å². The average Bonchev–Trinajstić information content (AvgIpc) is 1.65. The summed E-state index contributed by atoms with van der Waals surface area (Å²) in [5.41, 5.74) is 0. The molecule has 1 unspecified atom stereocenters. The first-order valence-corrected chi connectivity index (χ1v) is 2.54. The number of rotatable bonds is 2. The van der Waals surface area contributed by atoms with Crippen LogP contribution in [0.15, 0.2) is 0 Å². The van der Waals surface area contributed by atoms with Gasteiger partial charge in [0, 0.05) is 45.7 Å². The molecular weight excluding hydrogens is 195 g/mol. The normalized spacial score (nSPS) is 11.4. The molecule has 0 saturated carbocycles. The van der Waals surface area contributed by atoms with Crippen molar-refractivity contribution in [2.75, 3.05) is 6.61 Å². The van der Waals surface area contributed by atoms with Gasteiger partial charge in [-0.25, -0.2) is 0 Å². The molecule has 4 heteroatoms. The minimum Gasteiger partial charge on any atom is -0.394 e. The van der Waals surface area contributed by atoms with Crippen LogP contribution in [0, 0.1) is 0 Å². The topological polar surface area (TPSA) is 49.3 Å². The Balaban J connectivity index is 0. The Morgan fingerprint density at radius 3 is 2.33 bits per heavy atom. The van der Waals surface area contributed by atoms with E-state index in [-0.39, 0.29) is 51.3 Å². The molecule has 0 aromatic carbocycles. The van der Waals surface area contributed by atoms with Gasteiger partial charge in [-0.3, -0.25) is 4.79 Å². The predicted molar refractivity (Wildman–Crippen MR) is 30.4 cm³/mol. The molecule has 0 bridgehead atoms. The Hall–Kier alpha value is 0.534. The second kappa shape index (κ2) is 6.65.